The predicted octanol–water partition coefficient (Wildman–Crippen LogP) is 0.0951. The Morgan fingerprint density at radius 2 is 1.88 bits per heavy atom. The third-order valence-corrected chi connectivity index (χ3v) is 5.75. The van der Waals surface area contributed by atoms with Crippen LogP contribution in [0, 0.1) is 0 Å². The zero-order valence-corrected chi connectivity index (χ0v) is 16.4. The van der Waals surface area contributed by atoms with Crippen LogP contribution >= 0.6 is 12.4 Å². The smallest absolute Gasteiger partial charge is 0.252 e. The van der Waals surface area contributed by atoms with Gasteiger partial charge in [-0.05, 0) is 12.1 Å². The highest BCUT2D eigenvalue weighted by Gasteiger charge is 2.29. The first-order valence-corrected chi connectivity index (χ1v) is 9.66. The summed E-state index contributed by atoms with van der Waals surface area (Å²) in [5.74, 6) is -0.402. The number of nitrogens with zero attached hydrogens (tertiary/aromatic N) is 1. The highest BCUT2D eigenvalue weighted by atomic mass is 35.5. The molecular weight excluding hydrogens is 382 g/mol. The number of halogens is 1. The Morgan fingerprint density at radius 1 is 1.19 bits per heavy atom. The molecule has 1 fully saturated rings. The van der Waals surface area contributed by atoms with Gasteiger partial charge in [-0.2, -0.15) is 4.31 Å². The van der Waals surface area contributed by atoms with Gasteiger partial charge in [-0.15, -0.1) is 12.4 Å². The topological polar surface area (TPSA) is 97.0 Å². The number of benzene rings is 1. The van der Waals surface area contributed by atoms with Crippen LogP contribution in [0.25, 0.3) is 0 Å². The van der Waals surface area contributed by atoms with Crippen LogP contribution in [0.15, 0.2) is 29.2 Å². The minimum Gasteiger partial charge on any atom is -0.383 e. The molecule has 0 saturated carbocycles. The average Bonchev–Trinajstić information content (AvgIpc) is 2.65. The SMILES string of the molecule is COCCNCCNC(=O)c1ccccc1S(=O)(=O)N1CCOCC1.Cl. The van der Waals surface area contributed by atoms with Gasteiger partial charge in [0.05, 0.1) is 30.3 Å². The van der Waals surface area contributed by atoms with E-state index in [1.54, 1.807) is 19.2 Å². The van der Waals surface area contributed by atoms with Gasteiger partial charge in [0.15, 0.2) is 0 Å². The quantitative estimate of drug-likeness (QED) is 0.563. The van der Waals surface area contributed by atoms with E-state index < -0.39 is 15.9 Å². The molecule has 0 aromatic heterocycles. The molecule has 0 unspecified atom stereocenters. The summed E-state index contributed by atoms with van der Waals surface area (Å²) in [4.78, 5) is 12.4. The first-order chi connectivity index (χ1) is 12.1. The van der Waals surface area contributed by atoms with Crippen molar-refractivity contribution in [2.75, 3.05) is 59.7 Å². The molecule has 10 heteroatoms. The number of ether oxygens (including phenoxy) is 2. The Bertz CT molecular complexity index is 666. The monoisotopic (exact) mass is 407 g/mol. The number of nitrogens with one attached hydrogen (secondary N) is 2. The predicted molar refractivity (Wildman–Crippen MR) is 100 cm³/mol. The van der Waals surface area contributed by atoms with E-state index in [-0.39, 0.29) is 22.9 Å². The van der Waals surface area contributed by atoms with E-state index in [4.69, 9.17) is 9.47 Å². The summed E-state index contributed by atoms with van der Waals surface area (Å²) in [6.45, 7) is 3.57. The first-order valence-electron chi connectivity index (χ1n) is 8.22. The fraction of sp³-hybridized carbons (Fsp3) is 0.562. The molecule has 8 nitrogen and oxygen atoms in total. The van der Waals surface area contributed by atoms with Gasteiger partial charge in [0, 0.05) is 39.8 Å². The molecule has 148 valence electrons. The summed E-state index contributed by atoms with van der Waals surface area (Å²) < 4.78 is 37.1. The Labute approximate surface area is 160 Å². The zero-order chi connectivity index (χ0) is 18.1. The molecule has 2 N–H and O–H groups in total. The third-order valence-electron chi connectivity index (χ3n) is 3.79. The van der Waals surface area contributed by atoms with E-state index in [0.717, 1.165) is 0 Å². The second-order valence-electron chi connectivity index (χ2n) is 5.51. The molecule has 1 saturated heterocycles. The van der Waals surface area contributed by atoms with Gasteiger partial charge in [-0.25, -0.2) is 8.42 Å². The average molecular weight is 408 g/mol. The van der Waals surface area contributed by atoms with Gasteiger partial charge in [0.2, 0.25) is 10.0 Å². The fourth-order valence-electron chi connectivity index (χ4n) is 2.46. The van der Waals surface area contributed by atoms with Gasteiger partial charge < -0.3 is 20.1 Å². The van der Waals surface area contributed by atoms with E-state index in [0.29, 0.717) is 52.5 Å². The lowest BCUT2D eigenvalue weighted by Gasteiger charge is -2.26. The number of sulfonamides is 1. The number of hydrogen-bond acceptors (Lipinski definition) is 6. The molecule has 1 amide bonds. The van der Waals surface area contributed by atoms with Crippen molar-refractivity contribution in [1.29, 1.82) is 0 Å². The second-order valence-corrected chi connectivity index (χ2v) is 7.42. The van der Waals surface area contributed by atoms with Crippen LogP contribution in [-0.4, -0.2) is 78.3 Å². The lowest BCUT2D eigenvalue weighted by Crippen LogP contribution is -2.41. The van der Waals surface area contributed by atoms with Crippen molar-refractivity contribution in [3.05, 3.63) is 29.8 Å². The number of hydrogen-bond donors (Lipinski definition) is 2. The lowest BCUT2D eigenvalue weighted by molar-refractivity contribution is 0.0730. The van der Waals surface area contributed by atoms with Crippen molar-refractivity contribution < 1.29 is 22.7 Å². The molecule has 1 aliphatic rings. The Hall–Kier alpha value is -1.23. The van der Waals surface area contributed by atoms with Crippen molar-refractivity contribution >= 4 is 28.3 Å². The maximum atomic E-state index is 12.8. The van der Waals surface area contributed by atoms with Crippen molar-refractivity contribution in [2.45, 2.75) is 4.90 Å². The lowest BCUT2D eigenvalue weighted by atomic mass is 10.2. The molecule has 1 heterocycles. The first kappa shape index (κ1) is 22.8. The van der Waals surface area contributed by atoms with Gasteiger partial charge in [0.1, 0.15) is 0 Å². The molecule has 1 aliphatic heterocycles. The molecule has 26 heavy (non-hydrogen) atoms. The van der Waals surface area contributed by atoms with Crippen LogP contribution in [-0.2, 0) is 19.5 Å². The van der Waals surface area contributed by atoms with Crippen LogP contribution in [0.5, 0.6) is 0 Å². The number of carbonyl (C=O) groups is 1. The number of amides is 1. The maximum Gasteiger partial charge on any atom is 0.252 e. The van der Waals surface area contributed by atoms with Crippen LogP contribution < -0.4 is 10.6 Å². The van der Waals surface area contributed by atoms with Crippen LogP contribution in [0.2, 0.25) is 0 Å². The summed E-state index contributed by atoms with van der Waals surface area (Å²) in [6.07, 6.45) is 0. The molecular formula is C16H26ClN3O5S. The summed E-state index contributed by atoms with van der Waals surface area (Å²) in [7, 11) is -2.10. The summed E-state index contributed by atoms with van der Waals surface area (Å²) in [5, 5.41) is 5.85. The highest BCUT2D eigenvalue weighted by Crippen LogP contribution is 2.21. The Balaban J connectivity index is 0.00000338. The number of rotatable bonds is 9. The summed E-state index contributed by atoms with van der Waals surface area (Å²) in [5.41, 5.74) is 0.158. The molecule has 0 bridgehead atoms. The van der Waals surface area contributed by atoms with Gasteiger partial charge in [-0.3, -0.25) is 4.79 Å². The molecule has 0 aliphatic carbocycles. The molecule has 0 atom stereocenters. The van der Waals surface area contributed by atoms with E-state index in [1.807, 2.05) is 0 Å². The second kappa shape index (κ2) is 11.5. The number of morpholine rings is 1. The van der Waals surface area contributed by atoms with Crippen molar-refractivity contribution in [3.63, 3.8) is 0 Å². The molecule has 1 aromatic carbocycles. The molecule has 0 spiro atoms. The fourth-order valence-corrected chi connectivity index (χ4v) is 4.06. The minimum absolute atomic E-state index is 0. The molecule has 2 rings (SSSR count). The van der Waals surface area contributed by atoms with E-state index in [1.165, 1.54) is 16.4 Å². The molecule has 0 radical (unpaired) electrons. The largest absolute Gasteiger partial charge is 0.383 e. The third kappa shape index (κ3) is 6.19. The van der Waals surface area contributed by atoms with Crippen molar-refractivity contribution in [1.82, 2.24) is 14.9 Å². The van der Waals surface area contributed by atoms with Gasteiger partial charge >= 0.3 is 0 Å². The van der Waals surface area contributed by atoms with E-state index in [9.17, 15) is 13.2 Å². The van der Waals surface area contributed by atoms with E-state index >= 15 is 0 Å². The number of methoxy groups -OCH3 is 1. The standard InChI is InChI=1S/C16H25N3O5S.ClH/c1-23-11-8-17-6-7-18-16(20)14-4-2-3-5-15(14)25(21,22)19-9-12-24-13-10-19;/h2-5,17H,6-13H2,1H3,(H,18,20);1H. The normalized spacial score (nSPS) is 15.3. The Morgan fingerprint density at radius 3 is 2.58 bits per heavy atom. The summed E-state index contributed by atoms with van der Waals surface area (Å²) in [6, 6.07) is 6.28. The van der Waals surface area contributed by atoms with E-state index in [2.05, 4.69) is 10.6 Å². The zero-order valence-electron chi connectivity index (χ0n) is 14.8. The van der Waals surface area contributed by atoms with Gasteiger partial charge in [-0.1, -0.05) is 12.1 Å². The van der Waals surface area contributed by atoms with Gasteiger partial charge in [0.25, 0.3) is 5.91 Å². The minimum atomic E-state index is -3.72. The maximum absolute atomic E-state index is 12.8. The summed E-state index contributed by atoms with van der Waals surface area (Å²) >= 11 is 0. The van der Waals surface area contributed by atoms with Crippen LogP contribution in [0.1, 0.15) is 10.4 Å². The highest BCUT2D eigenvalue weighted by molar-refractivity contribution is 7.89. The van der Waals surface area contributed by atoms with Crippen molar-refractivity contribution in [3.8, 4) is 0 Å². The number of carbonyl (C=O) groups excluding carboxylic acids is 1. The van der Waals surface area contributed by atoms with Crippen LogP contribution in [0.4, 0.5) is 0 Å². The van der Waals surface area contributed by atoms with Crippen LogP contribution in [0.3, 0.4) is 0 Å². The molecule has 1 aromatic rings. The van der Waals surface area contributed by atoms with Crippen molar-refractivity contribution in [2.24, 2.45) is 0 Å². The Kier molecular flexibility index (Phi) is 10.1.